The highest BCUT2D eigenvalue weighted by atomic mass is 79.9. The van der Waals surface area contributed by atoms with Crippen molar-refractivity contribution >= 4 is 32.8 Å². The number of pyridine rings is 1. The third kappa shape index (κ3) is 4.60. The maximum Gasteiger partial charge on any atom is 0.187 e. The lowest BCUT2D eigenvalue weighted by Crippen LogP contribution is -2.40. The van der Waals surface area contributed by atoms with Crippen molar-refractivity contribution < 1.29 is 4.39 Å². The van der Waals surface area contributed by atoms with Gasteiger partial charge in [0.05, 0.1) is 11.1 Å². The van der Waals surface area contributed by atoms with Crippen LogP contribution in [-0.2, 0) is 6.54 Å². The number of aromatic amines is 1. The van der Waals surface area contributed by atoms with E-state index < -0.39 is 0 Å². The van der Waals surface area contributed by atoms with Gasteiger partial charge in [0.15, 0.2) is 5.65 Å². The number of fused-ring (bicyclic) bond motifs is 1. The predicted molar refractivity (Wildman–Crippen MR) is 129 cm³/mol. The van der Waals surface area contributed by atoms with Crippen LogP contribution in [0.3, 0.4) is 0 Å². The molecular formula is C24H25BrFN7. The van der Waals surface area contributed by atoms with Crippen LogP contribution in [0.4, 0.5) is 10.2 Å². The standard InChI is InChI=1S/C24H25BrFN7/c1-32(14-19-4-2-3-11-27-19)21(16-5-7-18(26)8-6-16)17-9-12-33(13-10-17)24-20-22(25)30-31-23(20)28-15-29-24/h2-8,11,15,17,21H,9-10,12-14H2,1H3,(H,28,29,30,31). The molecule has 1 aromatic carbocycles. The second kappa shape index (κ2) is 9.52. The molecule has 0 saturated carbocycles. The van der Waals surface area contributed by atoms with E-state index >= 15 is 0 Å². The van der Waals surface area contributed by atoms with E-state index in [9.17, 15) is 4.39 Å². The molecule has 3 aromatic heterocycles. The molecule has 1 fully saturated rings. The molecule has 0 aliphatic carbocycles. The topological polar surface area (TPSA) is 73.8 Å². The zero-order valence-electron chi connectivity index (χ0n) is 18.3. The van der Waals surface area contributed by atoms with E-state index in [0.717, 1.165) is 59.5 Å². The molecular weight excluding hydrogens is 485 g/mol. The van der Waals surface area contributed by atoms with Crippen LogP contribution in [-0.4, -0.2) is 50.2 Å². The van der Waals surface area contributed by atoms with Gasteiger partial charge in [-0.25, -0.2) is 14.4 Å². The Morgan fingerprint density at radius 3 is 2.64 bits per heavy atom. The molecule has 0 amide bonds. The van der Waals surface area contributed by atoms with Crippen molar-refractivity contribution in [1.29, 1.82) is 0 Å². The summed E-state index contributed by atoms with van der Waals surface area (Å²) >= 11 is 3.54. The largest absolute Gasteiger partial charge is 0.356 e. The highest BCUT2D eigenvalue weighted by Gasteiger charge is 2.32. The molecule has 33 heavy (non-hydrogen) atoms. The van der Waals surface area contributed by atoms with Gasteiger partial charge >= 0.3 is 0 Å². The first-order chi connectivity index (χ1) is 16.1. The smallest absolute Gasteiger partial charge is 0.187 e. The summed E-state index contributed by atoms with van der Waals surface area (Å²) in [6.07, 6.45) is 5.38. The molecule has 0 bridgehead atoms. The van der Waals surface area contributed by atoms with E-state index in [4.69, 9.17) is 0 Å². The maximum absolute atomic E-state index is 13.7. The Hall–Kier alpha value is -2.91. The summed E-state index contributed by atoms with van der Waals surface area (Å²) in [6, 6.07) is 13.1. The minimum Gasteiger partial charge on any atom is -0.356 e. The molecule has 0 radical (unpaired) electrons. The number of benzene rings is 1. The van der Waals surface area contributed by atoms with Crippen LogP contribution in [0.1, 0.15) is 30.1 Å². The first-order valence-corrected chi connectivity index (χ1v) is 11.8. The van der Waals surface area contributed by atoms with Gasteiger partial charge in [-0.2, -0.15) is 5.10 Å². The molecule has 1 unspecified atom stereocenters. The number of rotatable bonds is 6. The Morgan fingerprint density at radius 2 is 1.91 bits per heavy atom. The fourth-order valence-corrected chi connectivity index (χ4v) is 5.31. The molecule has 4 aromatic rings. The van der Waals surface area contributed by atoms with E-state index in [1.54, 1.807) is 18.5 Å². The second-order valence-corrected chi connectivity index (χ2v) is 9.28. The van der Waals surface area contributed by atoms with E-state index in [2.05, 4.69) is 57.9 Å². The van der Waals surface area contributed by atoms with Crippen molar-refractivity contribution in [3.05, 3.63) is 76.7 Å². The van der Waals surface area contributed by atoms with Crippen LogP contribution >= 0.6 is 15.9 Å². The number of hydrogen-bond acceptors (Lipinski definition) is 6. The molecule has 1 atom stereocenters. The highest BCUT2D eigenvalue weighted by Crippen LogP contribution is 2.38. The molecule has 1 aliphatic heterocycles. The van der Waals surface area contributed by atoms with Crippen LogP contribution < -0.4 is 4.90 Å². The molecule has 9 heteroatoms. The summed E-state index contributed by atoms with van der Waals surface area (Å²) < 4.78 is 14.5. The minimum atomic E-state index is -0.210. The average molecular weight is 510 g/mol. The Morgan fingerprint density at radius 1 is 1.12 bits per heavy atom. The summed E-state index contributed by atoms with van der Waals surface area (Å²) in [5, 5.41) is 8.09. The number of H-pyrrole nitrogens is 1. The Balaban J connectivity index is 1.37. The van der Waals surface area contributed by atoms with Crippen molar-refractivity contribution in [3.8, 4) is 0 Å². The number of hydrogen-bond donors (Lipinski definition) is 1. The van der Waals surface area contributed by atoms with Crippen molar-refractivity contribution in [1.82, 2.24) is 30.0 Å². The Labute approximate surface area is 200 Å². The average Bonchev–Trinajstić information content (AvgIpc) is 3.23. The van der Waals surface area contributed by atoms with Gasteiger partial charge in [-0.1, -0.05) is 18.2 Å². The number of aromatic nitrogens is 5. The van der Waals surface area contributed by atoms with E-state index in [-0.39, 0.29) is 11.9 Å². The number of nitrogens with one attached hydrogen (secondary N) is 1. The van der Waals surface area contributed by atoms with Gasteiger partial charge in [-0.3, -0.25) is 15.0 Å². The molecule has 170 valence electrons. The SMILES string of the molecule is CN(Cc1ccccn1)C(c1ccc(F)cc1)C1CCN(c2ncnc3n[nH]c(Br)c23)CC1. The molecule has 1 N–H and O–H groups in total. The van der Waals surface area contributed by atoms with Crippen molar-refractivity contribution in [2.45, 2.75) is 25.4 Å². The maximum atomic E-state index is 13.7. The summed E-state index contributed by atoms with van der Waals surface area (Å²) in [5.74, 6) is 1.11. The fourth-order valence-electron chi connectivity index (χ4n) is 4.87. The van der Waals surface area contributed by atoms with E-state index in [0.29, 0.717) is 11.6 Å². The number of halogens is 2. The summed E-state index contributed by atoms with van der Waals surface area (Å²) in [7, 11) is 2.13. The van der Waals surface area contributed by atoms with Crippen molar-refractivity contribution in [2.24, 2.45) is 5.92 Å². The normalized spacial score (nSPS) is 15.9. The van der Waals surface area contributed by atoms with Gasteiger partial charge in [-0.15, -0.1) is 0 Å². The molecule has 1 aliphatic rings. The van der Waals surface area contributed by atoms with E-state index in [1.807, 2.05) is 36.5 Å². The lowest BCUT2D eigenvalue weighted by atomic mass is 9.84. The van der Waals surface area contributed by atoms with Crippen molar-refractivity contribution in [3.63, 3.8) is 0 Å². The van der Waals surface area contributed by atoms with Gasteiger partial charge in [0, 0.05) is 31.9 Å². The predicted octanol–water partition coefficient (Wildman–Crippen LogP) is 4.74. The molecule has 1 saturated heterocycles. The van der Waals surface area contributed by atoms with Crippen LogP contribution in [0.25, 0.3) is 11.0 Å². The molecule has 7 nitrogen and oxygen atoms in total. The van der Waals surface area contributed by atoms with Crippen LogP contribution in [0.15, 0.2) is 59.6 Å². The van der Waals surface area contributed by atoms with Gasteiger partial charge < -0.3 is 4.90 Å². The van der Waals surface area contributed by atoms with Crippen LogP contribution in [0.5, 0.6) is 0 Å². The van der Waals surface area contributed by atoms with Gasteiger partial charge in [-0.05, 0) is 71.6 Å². The quantitative estimate of drug-likeness (QED) is 0.404. The summed E-state index contributed by atoms with van der Waals surface area (Å²) in [6.45, 7) is 2.49. The zero-order chi connectivity index (χ0) is 22.8. The van der Waals surface area contributed by atoms with Gasteiger partial charge in [0.1, 0.15) is 22.6 Å². The monoisotopic (exact) mass is 509 g/mol. The lowest BCUT2D eigenvalue weighted by Gasteiger charge is -2.40. The number of piperidine rings is 1. The van der Waals surface area contributed by atoms with Gasteiger partial charge in [0.25, 0.3) is 0 Å². The number of anilines is 1. The molecule has 5 rings (SSSR count). The first-order valence-electron chi connectivity index (χ1n) is 11.1. The zero-order valence-corrected chi connectivity index (χ0v) is 19.9. The Bertz CT molecular complexity index is 1210. The Kier molecular flexibility index (Phi) is 6.32. The third-order valence-corrected chi connectivity index (χ3v) is 6.97. The van der Waals surface area contributed by atoms with Crippen molar-refractivity contribution in [2.75, 3.05) is 25.0 Å². The highest BCUT2D eigenvalue weighted by molar-refractivity contribution is 9.10. The van der Waals surface area contributed by atoms with E-state index in [1.165, 1.54) is 0 Å². The fraction of sp³-hybridized carbons (Fsp3) is 0.333. The molecule has 4 heterocycles. The summed E-state index contributed by atoms with van der Waals surface area (Å²) in [4.78, 5) is 18.0. The van der Waals surface area contributed by atoms with Crippen LogP contribution in [0.2, 0.25) is 0 Å². The van der Waals surface area contributed by atoms with Crippen LogP contribution in [0, 0.1) is 11.7 Å². The summed E-state index contributed by atoms with van der Waals surface area (Å²) in [5.41, 5.74) is 2.82. The third-order valence-electron chi connectivity index (χ3n) is 6.40. The lowest BCUT2D eigenvalue weighted by molar-refractivity contribution is 0.146. The minimum absolute atomic E-state index is 0.167. The molecule has 0 spiro atoms. The second-order valence-electron chi connectivity index (χ2n) is 8.49. The van der Waals surface area contributed by atoms with Gasteiger partial charge in [0.2, 0.25) is 0 Å². The number of nitrogens with zero attached hydrogens (tertiary/aromatic N) is 6. The first kappa shape index (κ1) is 21.9.